The molecule has 0 saturated carbocycles. The molecule has 0 heterocycles. The van der Waals surface area contributed by atoms with Crippen LogP contribution in [-0.2, 0) is 4.74 Å². The number of rotatable bonds is 7. The zero-order valence-electron chi connectivity index (χ0n) is 10.3. The van der Waals surface area contributed by atoms with E-state index in [1.807, 2.05) is 18.2 Å². The van der Waals surface area contributed by atoms with Gasteiger partial charge in [0.05, 0.1) is 12.7 Å². The largest absolute Gasteiger partial charge is 0.389 e. The van der Waals surface area contributed by atoms with Crippen LogP contribution in [0, 0.1) is 0 Å². The number of benzene rings is 1. The molecule has 1 rings (SSSR count). The average Bonchev–Trinajstić information content (AvgIpc) is 2.32. The van der Waals surface area contributed by atoms with Gasteiger partial charge in [-0.1, -0.05) is 41.1 Å². The zero-order chi connectivity index (χ0) is 12.7. The SMILES string of the molecule is CCC(NCC(O)COC)c1ccccc1Br. The number of ether oxygens (including phenoxy) is 1. The number of aliphatic hydroxyl groups excluding tert-OH is 1. The summed E-state index contributed by atoms with van der Waals surface area (Å²) in [5.74, 6) is 0. The fraction of sp³-hybridized carbons (Fsp3) is 0.538. The molecule has 2 unspecified atom stereocenters. The first-order valence-electron chi connectivity index (χ1n) is 5.83. The van der Waals surface area contributed by atoms with Gasteiger partial charge in [-0.15, -0.1) is 0 Å². The number of aliphatic hydroxyl groups is 1. The second-order valence-corrected chi connectivity index (χ2v) is 4.85. The summed E-state index contributed by atoms with van der Waals surface area (Å²) >= 11 is 3.55. The number of hydrogen-bond acceptors (Lipinski definition) is 3. The summed E-state index contributed by atoms with van der Waals surface area (Å²) in [4.78, 5) is 0. The Morgan fingerprint density at radius 1 is 1.41 bits per heavy atom. The van der Waals surface area contributed by atoms with Gasteiger partial charge in [0.1, 0.15) is 0 Å². The van der Waals surface area contributed by atoms with Crippen LogP contribution in [0.25, 0.3) is 0 Å². The second-order valence-electron chi connectivity index (χ2n) is 4.00. The topological polar surface area (TPSA) is 41.5 Å². The Kier molecular flexibility index (Phi) is 6.73. The first kappa shape index (κ1) is 14.6. The predicted molar refractivity (Wildman–Crippen MR) is 73.1 cm³/mol. The van der Waals surface area contributed by atoms with Crippen molar-refractivity contribution < 1.29 is 9.84 Å². The van der Waals surface area contributed by atoms with E-state index in [0.717, 1.165) is 10.9 Å². The summed E-state index contributed by atoms with van der Waals surface area (Å²) in [5, 5.41) is 13.0. The predicted octanol–water partition coefficient (Wildman–Crippen LogP) is 2.50. The molecule has 0 radical (unpaired) electrons. The highest BCUT2D eigenvalue weighted by Crippen LogP contribution is 2.25. The number of hydrogen-bond donors (Lipinski definition) is 2. The van der Waals surface area contributed by atoms with E-state index >= 15 is 0 Å². The monoisotopic (exact) mass is 301 g/mol. The molecule has 0 aliphatic heterocycles. The molecule has 0 aliphatic carbocycles. The van der Waals surface area contributed by atoms with Crippen molar-refractivity contribution in [2.45, 2.75) is 25.5 Å². The van der Waals surface area contributed by atoms with Crippen molar-refractivity contribution in [2.75, 3.05) is 20.3 Å². The molecular formula is C13H20BrNO2. The molecule has 3 nitrogen and oxygen atoms in total. The van der Waals surface area contributed by atoms with Crippen LogP contribution in [-0.4, -0.2) is 31.5 Å². The molecule has 0 saturated heterocycles. The van der Waals surface area contributed by atoms with Gasteiger partial charge in [0, 0.05) is 24.2 Å². The molecule has 2 N–H and O–H groups in total. The number of nitrogens with one attached hydrogen (secondary N) is 1. The lowest BCUT2D eigenvalue weighted by Crippen LogP contribution is -2.32. The van der Waals surface area contributed by atoms with E-state index in [-0.39, 0.29) is 6.04 Å². The van der Waals surface area contributed by atoms with Gasteiger partial charge >= 0.3 is 0 Å². The van der Waals surface area contributed by atoms with E-state index in [1.165, 1.54) is 5.56 Å². The highest BCUT2D eigenvalue weighted by Gasteiger charge is 2.13. The molecular weight excluding hydrogens is 282 g/mol. The third-order valence-electron chi connectivity index (χ3n) is 2.65. The van der Waals surface area contributed by atoms with Crippen LogP contribution in [0.5, 0.6) is 0 Å². The van der Waals surface area contributed by atoms with Crippen molar-refractivity contribution in [1.29, 1.82) is 0 Å². The number of halogens is 1. The summed E-state index contributed by atoms with van der Waals surface area (Å²) in [7, 11) is 1.59. The Labute approximate surface area is 111 Å². The van der Waals surface area contributed by atoms with Gasteiger partial charge in [-0.05, 0) is 18.1 Å². The van der Waals surface area contributed by atoms with Crippen molar-refractivity contribution in [1.82, 2.24) is 5.32 Å². The minimum atomic E-state index is -0.462. The zero-order valence-corrected chi connectivity index (χ0v) is 11.9. The van der Waals surface area contributed by atoms with Gasteiger partial charge in [-0.25, -0.2) is 0 Å². The maximum absolute atomic E-state index is 9.61. The summed E-state index contributed by atoms with van der Waals surface area (Å²) in [6.07, 6.45) is 0.513. The molecule has 4 heteroatoms. The highest BCUT2D eigenvalue weighted by molar-refractivity contribution is 9.10. The molecule has 1 aromatic carbocycles. The van der Waals surface area contributed by atoms with Crippen LogP contribution < -0.4 is 5.32 Å². The molecule has 0 spiro atoms. The maximum atomic E-state index is 9.61. The summed E-state index contributed by atoms with van der Waals surface area (Å²) < 4.78 is 6.00. The Bertz CT molecular complexity index is 333. The molecule has 1 aromatic rings. The lowest BCUT2D eigenvalue weighted by Gasteiger charge is -2.20. The molecule has 0 amide bonds. The Balaban J connectivity index is 2.57. The molecule has 0 aliphatic rings. The van der Waals surface area contributed by atoms with E-state index in [1.54, 1.807) is 7.11 Å². The van der Waals surface area contributed by atoms with E-state index in [2.05, 4.69) is 34.2 Å². The van der Waals surface area contributed by atoms with Gasteiger partial charge in [-0.2, -0.15) is 0 Å². The van der Waals surface area contributed by atoms with Crippen molar-refractivity contribution >= 4 is 15.9 Å². The molecule has 2 atom stereocenters. The third-order valence-corrected chi connectivity index (χ3v) is 3.37. The first-order valence-corrected chi connectivity index (χ1v) is 6.63. The van der Waals surface area contributed by atoms with Crippen LogP contribution in [0.3, 0.4) is 0 Å². The second kappa shape index (κ2) is 7.82. The standard InChI is InChI=1S/C13H20BrNO2/c1-3-13(15-8-10(16)9-17-2)11-6-4-5-7-12(11)14/h4-7,10,13,15-16H,3,8-9H2,1-2H3. The molecule has 17 heavy (non-hydrogen) atoms. The van der Waals surface area contributed by atoms with E-state index < -0.39 is 6.10 Å². The number of methoxy groups -OCH3 is 1. The van der Waals surface area contributed by atoms with E-state index in [9.17, 15) is 5.11 Å². The van der Waals surface area contributed by atoms with Crippen LogP contribution in [0.1, 0.15) is 24.9 Å². The lowest BCUT2D eigenvalue weighted by atomic mass is 10.0. The fourth-order valence-electron chi connectivity index (χ4n) is 1.76. The maximum Gasteiger partial charge on any atom is 0.0897 e. The van der Waals surface area contributed by atoms with Gasteiger partial charge in [0.25, 0.3) is 0 Å². The van der Waals surface area contributed by atoms with Crippen LogP contribution in [0.4, 0.5) is 0 Å². The van der Waals surface area contributed by atoms with E-state index in [4.69, 9.17) is 4.74 Å². The van der Waals surface area contributed by atoms with Crippen molar-refractivity contribution in [2.24, 2.45) is 0 Å². The average molecular weight is 302 g/mol. The minimum Gasteiger partial charge on any atom is -0.389 e. The van der Waals surface area contributed by atoms with Crippen LogP contribution >= 0.6 is 15.9 Å². The van der Waals surface area contributed by atoms with Gasteiger partial charge in [0.2, 0.25) is 0 Å². The van der Waals surface area contributed by atoms with Gasteiger partial charge in [0.15, 0.2) is 0 Å². The van der Waals surface area contributed by atoms with Crippen LogP contribution in [0.15, 0.2) is 28.7 Å². The third kappa shape index (κ3) is 4.76. The first-order chi connectivity index (χ1) is 8.19. The van der Waals surface area contributed by atoms with Crippen molar-refractivity contribution in [3.63, 3.8) is 0 Å². The smallest absolute Gasteiger partial charge is 0.0897 e. The normalized spacial score (nSPS) is 14.6. The van der Waals surface area contributed by atoms with Crippen molar-refractivity contribution in [3.8, 4) is 0 Å². The molecule has 96 valence electrons. The quantitative estimate of drug-likeness (QED) is 0.813. The van der Waals surface area contributed by atoms with Gasteiger partial charge in [-0.3, -0.25) is 0 Å². The summed E-state index contributed by atoms with van der Waals surface area (Å²) in [5.41, 5.74) is 1.22. The van der Waals surface area contributed by atoms with Crippen molar-refractivity contribution in [3.05, 3.63) is 34.3 Å². The lowest BCUT2D eigenvalue weighted by molar-refractivity contribution is 0.0626. The highest BCUT2D eigenvalue weighted by atomic mass is 79.9. The van der Waals surface area contributed by atoms with Crippen LogP contribution in [0.2, 0.25) is 0 Å². The summed E-state index contributed by atoms with van der Waals surface area (Å²) in [6.45, 7) is 3.02. The van der Waals surface area contributed by atoms with E-state index in [0.29, 0.717) is 13.2 Å². The Hall–Kier alpha value is -0.420. The molecule has 0 aromatic heterocycles. The molecule has 0 bridgehead atoms. The van der Waals surface area contributed by atoms with Gasteiger partial charge < -0.3 is 15.2 Å². The Morgan fingerprint density at radius 2 is 2.12 bits per heavy atom. The summed E-state index contributed by atoms with van der Waals surface area (Å²) in [6, 6.07) is 8.40. The Morgan fingerprint density at radius 3 is 2.71 bits per heavy atom. The fourth-order valence-corrected chi connectivity index (χ4v) is 2.32. The minimum absolute atomic E-state index is 0.247. The molecule has 0 fully saturated rings.